The zero-order valence-electron chi connectivity index (χ0n) is 12.1. The molecular weight excluding hydrogens is 266 g/mol. The second kappa shape index (κ2) is 4.45. The molecule has 21 heavy (non-hydrogen) atoms. The second-order valence-electron chi connectivity index (χ2n) is 5.37. The lowest BCUT2D eigenvalue weighted by Crippen LogP contribution is -2.30. The number of carbonyl (C=O) groups is 2. The molecule has 1 heterocycles. The summed E-state index contributed by atoms with van der Waals surface area (Å²) in [5, 5.41) is 9.49. The van der Waals surface area contributed by atoms with Gasteiger partial charge in [-0.05, 0) is 55.7 Å². The van der Waals surface area contributed by atoms with Gasteiger partial charge in [-0.1, -0.05) is 12.1 Å². The number of fused-ring (bicyclic) bond motifs is 1. The van der Waals surface area contributed by atoms with Gasteiger partial charge in [0.2, 0.25) is 0 Å². The van der Waals surface area contributed by atoms with E-state index in [1.165, 1.54) is 11.0 Å². The van der Waals surface area contributed by atoms with Gasteiger partial charge < -0.3 is 5.11 Å². The van der Waals surface area contributed by atoms with E-state index in [4.69, 9.17) is 0 Å². The van der Waals surface area contributed by atoms with Crippen LogP contribution in [0.2, 0.25) is 0 Å². The molecular formula is C17H15NO3. The minimum absolute atomic E-state index is 0.111. The minimum Gasteiger partial charge on any atom is -0.508 e. The quantitative estimate of drug-likeness (QED) is 0.817. The average Bonchev–Trinajstić information content (AvgIpc) is 2.68. The van der Waals surface area contributed by atoms with Crippen LogP contribution in [-0.2, 0) is 0 Å². The summed E-state index contributed by atoms with van der Waals surface area (Å²) in [5.41, 5.74) is 3.75. The molecule has 4 heteroatoms. The van der Waals surface area contributed by atoms with Crippen molar-refractivity contribution in [3.63, 3.8) is 0 Å². The van der Waals surface area contributed by atoms with Crippen LogP contribution in [0.5, 0.6) is 5.75 Å². The molecule has 0 aromatic heterocycles. The Kier molecular flexibility index (Phi) is 2.83. The van der Waals surface area contributed by atoms with Gasteiger partial charge >= 0.3 is 0 Å². The van der Waals surface area contributed by atoms with Crippen LogP contribution in [0.15, 0.2) is 30.3 Å². The Morgan fingerprint density at radius 1 is 0.810 bits per heavy atom. The van der Waals surface area contributed by atoms with Crippen LogP contribution in [0.25, 0.3) is 0 Å². The monoisotopic (exact) mass is 281 g/mol. The number of rotatable bonds is 1. The third-order valence-corrected chi connectivity index (χ3v) is 3.88. The highest BCUT2D eigenvalue weighted by Crippen LogP contribution is 2.34. The highest BCUT2D eigenvalue weighted by atomic mass is 16.3. The number of aromatic hydroxyl groups is 1. The molecule has 0 unspecified atom stereocenters. The van der Waals surface area contributed by atoms with Crippen molar-refractivity contribution in [1.82, 2.24) is 0 Å². The number of nitrogens with zero attached hydrogens (tertiary/aromatic N) is 1. The first-order chi connectivity index (χ1) is 9.91. The molecule has 3 rings (SSSR count). The van der Waals surface area contributed by atoms with Gasteiger partial charge in [0.25, 0.3) is 11.8 Å². The molecule has 1 aliphatic rings. The highest BCUT2D eigenvalue weighted by Gasteiger charge is 2.39. The Hall–Kier alpha value is -2.62. The van der Waals surface area contributed by atoms with Gasteiger partial charge in [-0.25, -0.2) is 4.90 Å². The van der Waals surface area contributed by atoms with Gasteiger partial charge in [0.15, 0.2) is 0 Å². The van der Waals surface area contributed by atoms with Gasteiger partial charge in [0.1, 0.15) is 5.75 Å². The first-order valence-corrected chi connectivity index (χ1v) is 6.70. The molecule has 1 aliphatic heterocycles. The van der Waals surface area contributed by atoms with E-state index < -0.39 is 0 Å². The van der Waals surface area contributed by atoms with Crippen molar-refractivity contribution in [3.8, 4) is 5.75 Å². The van der Waals surface area contributed by atoms with E-state index >= 15 is 0 Å². The molecule has 2 aromatic carbocycles. The number of phenolic OH excluding ortho intramolecular Hbond substituents is 1. The Labute approximate surface area is 122 Å². The van der Waals surface area contributed by atoms with Crippen LogP contribution in [0.3, 0.4) is 0 Å². The van der Waals surface area contributed by atoms with Crippen LogP contribution in [0, 0.1) is 20.8 Å². The number of imide groups is 1. The predicted molar refractivity (Wildman–Crippen MR) is 79.9 cm³/mol. The van der Waals surface area contributed by atoms with Crippen LogP contribution in [0.4, 0.5) is 5.69 Å². The molecule has 0 fully saturated rings. The van der Waals surface area contributed by atoms with E-state index in [1.54, 1.807) is 19.1 Å². The zero-order valence-corrected chi connectivity index (χ0v) is 12.1. The molecule has 0 bridgehead atoms. The summed E-state index contributed by atoms with van der Waals surface area (Å²) in [4.78, 5) is 26.5. The van der Waals surface area contributed by atoms with E-state index in [0.29, 0.717) is 22.4 Å². The standard InChI is InChI=1S/C17H15NO3/c1-9-4-5-10(2)15-14(9)16(20)18(17(15)21)13-7-6-12(19)8-11(13)3/h4-8,19H,1-3H3. The molecule has 1 N–H and O–H groups in total. The van der Waals surface area contributed by atoms with Crippen molar-refractivity contribution < 1.29 is 14.7 Å². The summed E-state index contributed by atoms with van der Waals surface area (Å²) in [6.45, 7) is 5.42. The lowest BCUT2D eigenvalue weighted by atomic mass is 9.99. The van der Waals surface area contributed by atoms with Gasteiger partial charge in [-0.2, -0.15) is 0 Å². The summed E-state index contributed by atoms with van der Waals surface area (Å²) in [6, 6.07) is 8.32. The first-order valence-electron chi connectivity index (χ1n) is 6.70. The van der Waals surface area contributed by atoms with Crippen molar-refractivity contribution >= 4 is 17.5 Å². The number of hydrogen-bond donors (Lipinski definition) is 1. The third-order valence-electron chi connectivity index (χ3n) is 3.88. The molecule has 0 saturated carbocycles. The molecule has 0 radical (unpaired) electrons. The van der Waals surface area contributed by atoms with Gasteiger partial charge in [0.05, 0.1) is 16.8 Å². The summed E-state index contributed by atoms with van der Waals surface area (Å²) < 4.78 is 0. The van der Waals surface area contributed by atoms with Crippen LogP contribution >= 0.6 is 0 Å². The predicted octanol–water partition coefficient (Wildman–Crippen LogP) is 3.12. The maximum atomic E-state index is 12.7. The first kappa shape index (κ1) is 13.4. The summed E-state index contributed by atoms with van der Waals surface area (Å²) in [7, 11) is 0. The van der Waals surface area contributed by atoms with E-state index in [9.17, 15) is 14.7 Å². The molecule has 106 valence electrons. The number of benzene rings is 2. The number of anilines is 1. The van der Waals surface area contributed by atoms with Crippen molar-refractivity contribution in [2.24, 2.45) is 0 Å². The largest absolute Gasteiger partial charge is 0.508 e. The Morgan fingerprint density at radius 2 is 1.33 bits per heavy atom. The molecule has 0 saturated heterocycles. The lowest BCUT2D eigenvalue weighted by Gasteiger charge is -2.16. The zero-order chi connectivity index (χ0) is 15.3. The Balaban J connectivity index is 2.21. The van der Waals surface area contributed by atoms with E-state index in [2.05, 4.69) is 0 Å². The molecule has 0 spiro atoms. The molecule has 0 atom stereocenters. The van der Waals surface area contributed by atoms with Gasteiger partial charge in [-0.3, -0.25) is 9.59 Å². The maximum Gasteiger partial charge on any atom is 0.266 e. The highest BCUT2D eigenvalue weighted by molar-refractivity contribution is 6.35. The van der Waals surface area contributed by atoms with Crippen molar-refractivity contribution in [2.75, 3.05) is 4.90 Å². The van der Waals surface area contributed by atoms with E-state index in [1.807, 2.05) is 26.0 Å². The second-order valence-corrected chi connectivity index (χ2v) is 5.37. The minimum atomic E-state index is -0.301. The fraction of sp³-hybridized carbons (Fsp3) is 0.176. The van der Waals surface area contributed by atoms with Crippen molar-refractivity contribution in [3.05, 3.63) is 58.1 Å². The number of hydrogen-bond acceptors (Lipinski definition) is 3. The normalized spacial score (nSPS) is 13.8. The maximum absolute atomic E-state index is 12.7. The van der Waals surface area contributed by atoms with E-state index in [0.717, 1.165) is 11.1 Å². The van der Waals surface area contributed by atoms with Crippen molar-refractivity contribution in [2.45, 2.75) is 20.8 Å². The molecule has 2 aromatic rings. The fourth-order valence-electron chi connectivity index (χ4n) is 2.79. The lowest BCUT2D eigenvalue weighted by molar-refractivity contribution is 0.0925. The van der Waals surface area contributed by atoms with Gasteiger partial charge in [-0.15, -0.1) is 0 Å². The Bertz CT molecular complexity index is 752. The average molecular weight is 281 g/mol. The third kappa shape index (κ3) is 1.83. The summed E-state index contributed by atoms with van der Waals surface area (Å²) in [5.74, 6) is -0.491. The molecule has 0 aliphatic carbocycles. The number of phenols is 1. The number of carbonyl (C=O) groups excluding carboxylic acids is 2. The van der Waals surface area contributed by atoms with E-state index in [-0.39, 0.29) is 17.6 Å². The number of aryl methyl sites for hydroxylation is 3. The van der Waals surface area contributed by atoms with Crippen LogP contribution in [-0.4, -0.2) is 16.9 Å². The summed E-state index contributed by atoms with van der Waals surface area (Å²) in [6.07, 6.45) is 0. The van der Waals surface area contributed by atoms with Gasteiger partial charge in [0, 0.05) is 0 Å². The van der Waals surface area contributed by atoms with Crippen LogP contribution < -0.4 is 4.90 Å². The Morgan fingerprint density at radius 3 is 1.81 bits per heavy atom. The smallest absolute Gasteiger partial charge is 0.266 e. The SMILES string of the molecule is Cc1cc(O)ccc1N1C(=O)c2c(C)ccc(C)c2C1=O. The van der Waals surface area contributed by atoms with Crippen LogP contribution in [0.1, 0.15) is 37.4 Å². The molecule has 4 nitrogen and oxygen atoms in total. The summed E-state index contributed by atoms with van der Waals surface area (Å²) >= 11 is 0. The topological polar surface area (TPSA) is 57.6 Å². The fourth-order valence-corrected chi connectivity index (χ4v) is 2.79. The molecule has 2 amide bonds. The number of amides is 2. The van der Waals surface area contributed by atoms with Crippen molar-refractivity contribution in [1.29, 1.82) is 0 Å².